The maximum Gasteiger partial charge on any atom is 0.227 e. The highest BCUT2D eigenvalue weighted by molar-refractivity contribution is 5.63. The van der Waals surface area contributed by atoms with Gasteiger partial charge in [0.1, 0.15) is 6.61 Å². The van der Waals surface area contributed by atoms with E-state index in [2.05, 4.69) is 15.3 Å². The Morgan fingerprint density at radius 2 is 1.96 bits per heavy atom. The third-order valence-corrected chi connectivity index (χ3v) is 3.76. The summed E-state index contributed by atoms with van der Waals surface area (Å²) < 4.78 is 30.4. The van der Waals surface area contributed by atoms with Gasteiger partial charge in [-0.3, -0.25) is 0 Å². The van der Waals surface area contributed by atoms with E-state index in [-0.39, 0.29) is 5.82 Å². The van der Waals surface area contributed by atoms with Crippen LogP contribution in [0, 0.1) is 5.82 Å². The molecular formula is C17H21FN4O3. The van der Waals surface area contributed by atoms with E-state index in [4.69, 9.17) is 14.2 Å². The van der Waals surface area contributed by atoms with E-state index >= 15 is 0 Å². The van der Waals surface area contributed by atoms with Gasteiger partial charge in [0, 0.05) is 20.2 Å². The van der Waals surface area contributed by atoms with Crippen LogP contribution in [0.4, 0.5) is 21.7 Å². The summed E-state index contributed by atoms with van der Waals surface area (Å²) in [5.41, 5.74) is 0.880. The fourth-order valence-corrected chi connectivity index (χ4v) is 2.48. The van der Waals surface area contributed by atoms with Gasteiger partial charge >= 0.3 is 0 Å². The summed E-state index contributed by atoms with van der Waals surface area (Å²) in [6, 6.07) is 5.23. The number of nitrogens with zero attached hydrogens (tertiary/aromatic N) is 3. The van der Waals surface area contributed by atoms with Crippen LogP contribution in [0.25, 0.3) is 0 Å². The molecule has 1 aliphatic rings. The van der Waals surface area contributed by atoms with E-state index in [1.54, 1.807) is 25.3 Å². The van der Waals surface area contributed by atoms with Crippen molar-refractivity contribution in [3.8, 4) is 5.75 Å². The minimum Gasteiger partial charge on any atom is -0.488 e. The van der Waals surface area contributed by atoms with Crippen molar-refractivity contribution in [3.05, 3.63) is 36.4 Å². The normalized spacial score (nSPS) is 14.4. The Labute approximate surface area is 145 Å². The second-order valence-electron chi connectivity index (χ2n) is 5.45. The molecule has 0 aliphatic carbocycles. The maximum absolute atomic E-state index is 14.8. The van der Waals surface area contributed by atoms with E-state index in [9.17, 15) is 4.39 Å². The lowest BCUT2D eigenvalue weighted by Gasteiger charge is -2.29. The molecule has 0 radical (unpaired) electrons. The molecule has 1 aliphatic heterocycles. The molecule has 2 heterocycles. The number of aromatic nitrogens is 2. The standard InChI is InChI=1S/C17H21FN4O3/c1-23-9-10-25-13-11-19-17(20-12-13)21-14-3-2-4-15(16(14)18)22-5-7-24-8-6-22/h2-4,11-12H,5-10H2,1H3,(H,19,20,21). The van der Waals surface area contributed by atoms with Gasteiger partial charge in [-0.25, -0.2) is 14.4 Å². The first kappa shape index (κ1) is 17.4. The smallest absolute Gasteiger partial charge is 0.227 e. The summed E-state index contributed by atoms with van der Waals surface area (Å²) in [5, 5.41) is 2.91. The number of ether oxygens (including phenoxy) is 3. The van der Waals surface area contributed by atoms with Gasteiger partial charge in [-0.2, -0.15) is 0 Å². The molecular weight excluding hydrogens is 327 g/mol. The van der Waals surface area contributed by atoms with Crippen LogP contribution < -0.4 is 15.0 Å². The van der Waals surface area contributed by atoms with Crippen LogP contribution in [-0.4, -0.2) is 56.6 Å². The Hall–Kier alpha value is -2.45. The molecule has 7 nitrogen and oxygen atoms in total. The molecule has 2 aromatic rings. The first-order valence-corrected chi connectivity index (χ1v) is 8.10. The Morgan fingerprint density at radius 3 is 2.68 bits per heavy atom. The maximum atomic E-state index is 14.8. The number of anilines is 3. The average molecular weight is 348 g/mol. The second-order valence-corrected chi connectivity index (χ2v) is 5.45. The van der Waals surface area contributed by atoms with Crippen LogP contribution in [0.2, 0.25) is 0 Å². The molecule has 0 spiro atoms. The van der Waals surface area contributed by atoms with Crippen molar-refractivity contribution in [1.29, 1.82) is 0 Å². The summed E-state index contributed by atoms with van der Waals surface area (Å²) in [6.07, 6.45) is 3.07. The zero-order valence-corrected chi connectivity index (χ0v) is 14.1. The first-order valence-electron chi connectivity index (χ1n) is 8.10. The third kappa shape index (κ3) is 4.55. The van der Waals surface area contributed by atoms with Crippen molar-refractivity contribution in [3.63, 3.8) is 0 Å². The predicted octanol–water partition coefficient (Wildman–Crippen LogP) is 2.22. The third-order valence-electron chi connectivity index (χ3n) is 3.76. The van der Waals surface area contributed by atoms with Crippen molar-refractivity contribution >= 4 is 17.3 Å². The van der Waals surface area contributed by atoms with Crippen LogP contribution in [0.15, 0.2) is 30.6 Å². The fourth-order valence-electron chi connectivity index (χ4n) is 2.48. The summed E-state index contributed by atoms with van der Waals surface area (Å²) >= 11 is 0. The van der Waals surface area contributed by atoms with Crippen LogP contribution in [0.3, 0.4) is 0 Å². The number of nitrogens with one attached hydrogen (secondary N) is 1. The van der Waals surface area contributed by atoms with Crippen LogP contribution >= 0.6 is 0 Å². The van der Waals surface area contributed by atoms with E-state index in [1.165, 1.54) is 12.4 Å². The average Bonchev–Trinajstić information content (AvgIpc) is 2.66. The molecule has 0 amide bonds. The van der Waals surface area contributed by atoms with Gasteiger partial charge < -0.3 is 24.4 Å². The summed E-state index contributed by atoms with van der Waals surface area (Å²) in [5.74, 6) is 0.510. The van der Waals surface area contributed by atoms with Gasteiger partial charge in [0.2, 0.25) is 5.95 Å². The molecule has 0 atom stereocenters. The topological polar surface area (TPSA) is 68.7 Å². The molecule has 3 rings (SSSR count). The number of methoxy groups -OCH3 is 1. The van der Waals surface area contributed by atoms with Gasteiger partial charge in [0.05, 0.1) is 43.6 Å². The number of rotatable bonds is 7. The van der Waals surface area contributed by atoms with Gasteiger partial charge in [0.25, 0.3) is 0 Å². The molecule has 0 bridgehead atoms. The lowest BCUT2D eigenvalue weighted by atomic mass is 10.2. The molecule has 1 aromatic heterocycles. The Kier molecular flexibility index (Phi) is 5.97. The summed E-state index contributed by atoms with van der Waals surface area (Å²) in [7, 11) is 1.60. The Morgan fingerprint density at radius 1 is 1.20 bits per heavy atom. The molecule has 25 heavy (non-hydrogen) atoms. The monoisotopic (exact) mass is 348 g/mol. The van der Waals surface area contributed by atoms with Crippen molar-refractivity contribution in [1.82, 2.24) is 9.97 Å². The highest BCUT2D eigenvalue weighted by Crippen LogP contribution is 2.28. The number of benzene rings is 1. The molecule has 1 N–H and O–H groups in total. The van der Waals surface area contributed by atoms with Crippen LogP contribution in [0.5, 0.6) is 5.75 Å². The number of hydrogen-bond donors (Lipinski definition) is 1. The predicted molar refractivity (Wildman–Crippen MR) is 92.1 cm³/mol. The molecule has 134 valence electrons. The summed E-state index contributed by atoms with van der Waals surface area (Å²) in [4.78, 5) is 10.3. The second kappa shape index (κ2) is 8.59. The molecule has 1 aromatic carbocycles. The Balaban J connectivity index is 1.68. The van der Waals surface area contributed by atoms with E-state index < -0.39 is 0 Å². The van der Waals surface area contributed by atoms with Crippen molar-refractivity contribution in [2.75, 3.05) is 56.8 Å². The van der Waals surface area contributed by atoms with E-state index in [0.717, 1.165) is 0 Å². The Bertz CT molecular complexity index is 678. The number of halogens is 1. The van der Waals surface area contributed by atoms with Crippen molar-refractivity contribution in [2.24, 2.45) is 0 Å². The minimum atomic E-state index is -0.326. The van der Waals surface area contributed by atoms with Crippen LogP contribution in [-0.2, 0) is 9.47 Å². The first-order chi connectivity index (χ1) is 12.3. The molecule has 1 fully saturated rings. The molecule has 1 saturated heterocycles. The van der Waals surface area contributed by atoms with Gasteiger partial charge in [0.15, 0.2) is 11.6 Å². The SMILES string of the molecule is COCCOc1cnc(Nc2cccc(N3CCOCC3)c2F)nc1. The molecule has 0 saturated carbocycles. The number of morpholine rings is 1. The molecule has 0 unspecified atom stereocenters. The largest absolute Gasteiger partial charge is 0.488 e. The van der Waals surface area contributed by atoms with Gasteiger partial charge in [-0.05, 0) is 12.1 Å². The zero-order chi connectivity index (χ0) is 17.5. The van der Waals surface area contributed by atoms with Crippen LogP contribution in [0.1, 0.15) is 0 Å². The highest BCUT2D eigenvalue weighted by Gasteiger charge is 2.17. The van der Waals surface area contributed by atoms with Crippen molar-refractivity contribution < 1.29 is 18.6 Å². The molecule has 8 heteroatoms. The summed E-state index contributed by atoms with van der Waals surface area (Å²) in [6.45, 7) is 3.45. The number of hydrogen-bond acceptors (Lipinski definition) is 7. The van der Waals surface area contributed by atoms with E-state index in [0.29, 0.717) is 62.6 Å². The fraction of sp³-hybridized carbons (Fsp3) is 0.412. The lowest BCUT2D eigenvalue weighted by molar-refractivity contribution is 0.122. The quantitative estimate of drug-likeness (QED) is 0.770. The highest BCUT2D eigenvalue weighted by atomic mass is 19.1. The zero-order valence-electron chi connectivity index (χ0n) is 14.1. The van der Waals surface area contributed by atoms with Gasteiger partial charge in [-0.1, -0.05) is 6.07 Å². The van der Waals surface area contributed by atoms with E-state index in [1.807, 2.05) is 4.90 Å². The van der Waals surface area contributed by atoms with Crippen molar-refractivity contribution in [2.45, 2.75) is 0 Å². The minimum absolute atomic E-state index is 0.303. The lowest BCUT2D eigenvalue weighted by Crippen LogP contribution is -2.36. The van der Waals surface area contributed by atoms with Gasteiger partial charge in [-0.15, -0.1) is 0 Å².